The third-order valence-corrected chi connectivity index (χ3v) is 3.67. The number of carbonyl (C=O) groups excluding carboxylic acids is 1. The lowest BCUT2D eigenvalue weighted by atomic mass is 10.0. The number of pyridine rings is 1. The monoisotopic (exact) mass is 299 g/mol. The van der Waals surface area contributed by atoms with Crippen molar-refractivity contribution < 1.29 is 14.3 Å². The van der Waals surface area contributed by atoms with Gasteiger partial charge < -0.3 is 5.11 Å². The van der Waals surface area contributed by atoms with Crippen molar-refractivity contribution in [2.75, 3.05) is 0 Å². The molecule has 0 unspecified atom stereocenters. The van der Waals surface area contributed by atoms with Gasteiger partial charge in [0.1, 0.15) is 11.6 Å². The Bertz CT molecular complexity index is 759. The van der Waals surface area contributed by atoms with Crippen LogP contribution in [0, 0.1) is 5.82 Å². The number of benzene rings is 1. The van der Waals surface area contributed by atoms with Gasteiger partial charge in [0.2, 0.25) is 0 Å². The zero-order chi connectivity index (χ0) is 15.7. The Morgan fingerprint density at radius 3 is 3.00 bits per heavy atom. The number of hydrazone groups is 1. The first-order chi connectivity index (χ1) is 10.6. The average molecular weight is 299 g/mol. The van der Waals surface area contributed by atoms with Crippen LogP contribution in [-0.4, -0.2) is 21.7 Å². The number of halogens is 1. The van der Waals surface area contributed by atoms with E-state index in [1.54, 1.807) is 18.3 Å². The molecule has 112 valence electrons. The van der Waals surface area contributed by atoms with Gasteiger partial charge in [0.05, 0.1) is 11.3 Å². The van der Waals surface area contributed by atoms with Crippen LogP contribution in [-0.2, 0) is 0 Å². The van der Waals surface area contributed by atoms with E-state index in [1.165, 1.54) is 18.3 Å². The molecule has 0 fully saturated rings. The van der Waals surface area contributed by atoms with Crippen molar-refractivity contribution in [1.82, 2.24) is 10.4 Å². The van der Waals surface area contributed by atoms with Gasteiger partial charge in [0.15, 0.2) is 0 Å². The Morgan fingerprint density at radius 2 is 2.27 bits per heavy atom. The summed E-state index contributed by atoms with van der Waals surface area (Å²) in [5.74, 6) is -0.909. The number of amides is 1. The maximum atomic E-state index is 13.9. The lowest BCUT2D eigenvalue weighted by molar-refractivity contribution is 0.0954. The minimum atomic E-state index is -0.405. The summed E-state index contributed by atoms with van der Waals surface area (Å²) >= 11 is 0. The summed E-state index contributed by atoms with van der Waals surface area (Å²) in [6.45, 7) is 1.85. The highest BCUT2D eigenvalue weighted by Gasteiger charge is 2.30. The summed E-state index contributed by atoms with van der Waals surface area (Å²) in [6, 6.07) is 5.80. The van der Waals surface area contributed by atoms with Gasteiger partial charge >= 0.3 is 0 Å². The van der Waals surface area contributed by atoms with Crippen LogP contribution in [0.4, 0.5) is 4.39 Å². The zero-order valence-corrected chi connectivity index (χ0v) is 11.9. The standard InChI is InChI=1S/C16H14FN3O2/c1-9-7-12(15-13(21)5-4-11(17)14(9)15)19-20-16(22)10-3-2-6-18-8-10/h2-6,8-9,21H,7H2,1H3,(H,20,22)/b19-12+/t9-/m1/s1. The quantitative estimate of drug-likeness (QED) is 0.837. The molecule has 1 aromatic heterocycles. The second kappa shape index (κ2) is 5.55. The lowest BCUT2D eigenvalue weighted by Gasteiger charge is -2.06. The van der Waals surface area contributed by atoms with E-state index in [0.717, 1.165) is 0 Å². The summed E-state index contributed by atoms with van der Waals surface area (Å²) < 4.78 is 13.9. The largest absolute Gasteiger partial charge is 0.507 e. The number of hydrogen-bond donors (Lipinski definition) is 2. The highest BCUT2D eigenvalue weighted by Crippen LogP contribution is 2.39. The van der Waals surface area contributed by atoms with E-state index < -0.39 is 5.91 Å². The summed E-state index contributed by atoms with van der Waals surface area (Å²) in [4.78, 5) is 15.8. The Kier molecular flexibility index (Phi) is 3.58. The first-order valence-electron chi connectivity index (χ1n) is 6.86. The molecule has 1 atom stereocenters. The third kappa shape index (κ3) is 2.43. The fourth-order valence-electron chi connectivity index (χ4n) is 2.64. The number of phenols is 1. The Morgan fingerprint density at radius 1 is 1.45 bits per heavy atom. The lowest BCUT2D eigenvalue weighted by Crippen LogP contribution is -2.19. The number of nitrogens with zero attached hydrogens (tertiary/aromatic N) is 2. The fourth-order valence-corrected chi connectivity index (χ4v) is 2.64. The molecule has 0 bridgehead atoms. The van der Waals surface area contributed by atoms with Crippen molar-refractivity contribution in [3.05, 3.63) is 59.2 Å². The van der Waals surface area contributed by atoms with Crippen LogP contribution in [0.15, 0.2) is 41.8 Å². The highest BCUT2D eigenvalue weighted by atomic mass is 19.1. The SMILES string of the molecule is C[C@@H]1C/C(=N\NC(=O)c2cccnc2)c2c(O)ccc(F)c21. The van der Waals surface area contributed by atoms with Gasteiger partial charge in [-0.1, -0.05) is 6.92 Å². The zero-order valence-electron chi connectivity index (χ0n) is 11.9. The molecule has 1 heterocycles. The molecule has 0 saturated heterocycles. The van der Waals surface area contributed by atoms with Crippen LogP contribution in [0.25, 0.3) is 0 Å². The van der Waals surface area contributed by atoms with Gasteiger partial charge in [-0.2, -0.15) is 5.10 Å². The molecule has 2 N–H and O–H groups in total. The minimum Gasteiger partial charge on any atom is -0.507 e. The molecule has 0 spiro atoms. The molecule has 0 saturated carbocycles. The van der Waals surface area contributed by atoms with Gasteiger partial charge in [0, 0.05) is 23.5 Å². The van der Waals surface area contributed by atoms with Crippen LogP contribution in [0.5, 0.6) is 5.75 Å². The van der Waals surface area contributed by atoms with Crippen LogP contribution in [0.2, 0.25) is 0 Å². The van der Waals surface area contributed by atoms with Gasteiger partial charge in [-0.3, -0.25) is 9.78 Å². The molecule has 0 radical (unpaired) electrons. The molecule has 1 amide bonds. The van der Waals surface area contributed by atoms with Gasteiger partial charge in [-0.25, -0.2) is 9.82 Å². The van der Waals surface area contributed by atoms with E-state index >= 15 is 0 Å². The highest BCUT2D eigenvalue weighted by molar-refractivity contribution is 6.08. The van der Waals surface area contributed by atoms with Gasteiger partial charge in [-0.05, 0) is 36.6 Å². The number of fused-ring (bicyclic) bond motifs is 1. The molecule has 2 aromatic rings. The molecule has 5 nitrogen and oxygen atoms in total. The predicted octanol–water partition coefficient (Wildman–Crippen LogP) is 2.57. The fraction of sp³-hybridized carbons (Fsp3) is 0.188. The van der Waals surface area contributed by atoms with Crippen LogP contribution in [0.3, 0.4) is 0 Å². The van der Waals surface area contributed by atoms with Crippen molar-refractivity contribution in [3.63, 3.8) is 0 Å². The summed E-state index contributed by atoms with van der Waals surface area (Å²) in [5, 5.41) is 14.0. The second-order valence-corrected chi connectivity index (χ2v) is 5.20. The molecule has 3 rings (SSSR count). The molecule has 22 heavy (non-hydrogen) atoms. The van der Waals surface area contributed by atoms with Crippen molar-refractivity contribution >= 4 is 11.6 Å². The van der Waals surface area contributed by atoms with Crippen molar-refractivity contribution in [1.29, 1.82) is 0 Å². The molecule has 1 aliphatic rings. The van der Waals surface area contributed by atoms with E-state index in [0.29, 0.717) is 28.8 Å². The first-order valence-corrected chi connectivity index (χ1v) is 6.86. The smallest absolute Gasteiger partial charge is 0.272 e. The van der Waals surface area contributed by atoms with Crippen LogP contribution in [0.1, 0.15) is 40.7 Å². The second-order valence-electron chi connectivity index (χ2n) is 5.20. The van der Waals surface area contributed by atoms with E-state index in [-0.39, 0.29) is 17.5 Å². The molecular weight excluding hydrogens is 285 g/mol. The summed E-state index contributed by atoms with van der Waals surface area (Å²) in [7, 11) is 0. The number of phenolic OH excluding ortho intramolecular Hbond substituents is 1. The Balaban J connectivity index is 1.89. The number of carbonyl (C=O) groups is 1. The molecule has 1 aliphatic carbocycles. The molecule has 6 heteroatoms. The molecule has 0 aliphatic heterocycles. The maximum absolute atomic E-state index is 13.9. The topological polar surface area (TPSA) is 74.6 Å². The van der Waals surface area contributed by atoms with Crippen LogP contribution >= 0.6 is 0 Å². The number of nitrogens with one attached hydrogen (secondary N) is 1. The summed E-state index contributed by atoms with van der Waals surface area (Å²) in [5.41, 5.74) is 4.08. The van der Waals surface area contributed by atoms with E-state index in [4.69, 9.17) is 0 Å². The Hall–Kier alpha value is -2.76. The molecular formula is C16H14FN3O2. The Labute approximate surface area is 126 Å². The first kappa shape index (κ1) is 14.2. The van der Waals surface area contributed by atoms with E-state index in [1.807, 2.05) is 6.92 Å². The van der Waals surface area contributed by atoms with Gasteiger partial charge in [0.25, 0.3) is 5.91 Å². The van der Waals surface area contributed by atoms with Crippen molar-refractivity contribution in [2.45, 2.75) is 19.3 Å². The number of aromatic hydroxyl groups is 1. The average Bonchev–Trinajstić information content (AvgIpc) is 2.87. The van der Waals surface area contributed by atoms with Crippen molar-refractivity contribution in [2.24, 2.45) is 5.10 Å². The van der Waals surface area contributed by atoms with E-state index in [2.05, 4.69) is 15.5 Å². The normalized spacial score (nSPS) is 18.3. The number of hydrogen-bond acceptors (Lipinski definition) is 4. The molecule has 1 aromatic carbocycles. The van der Waals surface area contributed by atoms with Crippen molar-refractivity contribution in [3.8, 4) is 5.75 Å². The summed E-state index contributed by atoms with van der Waals surface area (Å²) in [6.07, 6.45) is 3.45. The number of aromatic nitrogens is 1. The third-order valence-electron chi connectivity index (χ3n) is 3.67. The van der Waals surface area contributed by atoms with E-state index in [9.17, 15) is 14.3 Å². The van der Waals surface area contributed by atoms with Crippen LogP contribution < -0.4 is 5.43 Å². The van der Waals surface area contributed by atoms with Gasteiger partial charge in [-0.15, -0.1) is 0 Å². The maximum Gasteiger partial charge on any atom is 0.272 e. The number of rotatable bonds is 2. The minimum absolute atomic E-state index is 0.0323. The predicted molar refractivity (Wildman–Crippen MR) is 79.3 cm³/mol.